The Labute approximate surface area is 102 Å². The number of nitrogens with one attached hydrogen (secondary N) is 1. The van der Waals surface area contributed by atoms with E-state index in [-0.39, 0.29) is 17.9 Å². The SMILES string of the molecule is O=C(Cc1c(Cl)cccc1Cl)c1cn[nH]n1. The number of Topliss-reactive ketones (excluding diaryl/α,β-unsaturated/α-hetero) is 1. The van der Waals surface area contributed by atoms with Crippen LogP contribution in [0.25, 0.3) is 0 Å². The second kappa shape index (κ2) is 4.63. The van der Waals surface area contributed by atoms with Crippen LogP contribution in [-0.2, 0) is 6.42 Å². The lowest BCUT2D eigenvalue weighted by molar-refractivity contribution is 0.0988. The van der Waals surface area contributed by atoms with Crippen molar-refractivity contribution in [3.05, 3.63) is 45.7 Å². The van der Waals surface area contributed by atoms with Crippen LogP contribution >= 0.6 is 23.2 Å². The highest BCUT2D eigenvalue weighted by atomic mass is 35.5. The van der Waals surface area contributed by atoms with Crippen molar-refractivity contribution in [2.75, 3.05) is 0 Å². The summed E-state index contributed by atoms with van der Waals surface area (Å²) < 4.78 is 0. The van der Waals surface area contributed by atoms with Gasteiger partial charge in [0, 0.05) is 16.5 Å². The molecule has 82 valence electrons. The van der Waals surface area contributed by atoms with Crippen LogP contribution < -0.4 is 0 Å². The maximum absolute atomic E-state index is 11.7. The fourth-order valence-corrected chi connectivity index (χ4v) is 1.82. The number of halogens is 2. The fourth-order valence-electron chi connectivity index (χ4n) is 1.29. The van der Waals surface area contributed by atoms with Crippen molar-refractivity contribution in [2.24, 2.45) is 0 Å². The van der Waals surface area contributed by atoms with Crippen LogP contribution in [0.15, 0.2) is 24.4 Å². The predicted molar refractivity (Wildman–Crippen MR) is 60.9 cm³/mol. The summed E-state index contributed by atoms with van der Waals surface area (Å²) in [6.07, 6.45) is 1.48. The third-order valence-corrected chi connectivity index (χ3v) is 2.81. The average Bonchev–Trinajstić information content (AvgIpc) is 2.76. The van der Waals surface area contributed by atoms with Crippen LogP contribution in [0.1, 0.15) is 16.1 Å². The lowest BCUT2D eigenvalue weighted by Gasteiger charge is -2.04. The van der Waals surface area contributed by atoms with Gasteiger partial charge in [-0.2, -0.15) is 15.4 Å². The number of H-pyrrole nitrogens is 1. The number of hydrogen-bond acceptors (Lipinski definition) is 3. The van der Waals surface area contributed by atoms with E-state index in [1.54, 1.807) is 18.2 Å². The molecule has 4 nitrogen and oxygen atoms in total. The molecule has 0 aliphatic carbocycles. The summed E-state index contributed by atoms with van der Waals surface area (Å²) in [5.41, 5.74) is 0.884. The van der Waals surface area contributed by atoms with Crippen molar-refractivity contribution >= 4 is 29.0 Å². The molecule has 0 bridgehead atoms. The summed E-state index contributed by atoms with van der Waals surface area (Å²) >= 11 is 11.9. The minimum atomic E-state index is -0.177. The van der Waals surface area contributed by atoms with E-state index in [0.29, 0.717) is 15.6 Å². The standard InChI is InChI=1S/C10H7Cl2N3O/c11-7-2-1-3-8(12)6(7)4-10(16)9-5-13-15-14-9/h1-3,5H,4H2,(H,13,14,15). The van der Waals surface area contributed by atoms with Crippen LogP contribution in [0.5, 0.6) is 0 Å². The van der Waals surface area contributed by atoms with E-state index >= 15 is 0 Å². The number of rotatable bonds is 3. The fraction of sp³-hybridized carbons (Fsp3) is 0.100. The maximum atomic E-state index is 11.7. The summed E-state index contributed by atoms with van der Waals surface area (Å²) in [6, 6.07) is 5.12. The number of nitrogens with zero attached hydrogens (tertiary/aromatic N) is 2. The highest BCUT2D eigenvalue weighted by molar-refractivity contribution is 6.36. The Balaban J connectivity index is 2.25. The van der Waals surface area contributed by atoms with Crippen molar-refractivity contribution in [3.8, 4) is 0 Å². The molecule has 2 aromatic rings. The molecule has 0 saturated heterocycles. The predicted octanol–water partition coefficient (Wildman–Crippen LogP) is 2.54. The molecular weight excluding hydrogens is 249 g/mol. The minimum Gasteiger partial charge on any atom is -0.292 e. The Morgan fingerprint density at radius 2 is 2.00 bits per heavy atom. The van der Waals surface area contributed by atoms with Crippen LogP contribution in [0, 0.1) is 0 Å². The van der Waals surface area contributed by atoms with Gasteiger partial charge in [0.25, 0.3) is 0 Å². The summed E-state index contributed by atoms with van der Waals surface area (Å²) in [5.74, 6) is -0.177. The Hall–Kier alpha value is -1.39. The number of aromatic nitrogens is 3. The van der Waals surface area contributed by atoms with E-state index < -0.39 is 0 Å². The molecular formula is C10H7Cl2N3O. The van der Waals surface area contributed by atoms with Gasteiger partial charge in [0.05, 0.1) is 6.20 Å². The lowest BCUT2D eigenvalue weighted by atomic mass is 10.1. The number of hydrogen-bond donors (Lipinski definition) is 1. The zero-order valence-electron chi connectivity index (χ0n) is 8.08. The molecule has 1 heterocycles. The first-order valence-corrected chi connectivity index (χ1v) is 5.26. The van der Waals surface area contributed by atoms with E-state index in [1.807, 2.05) is 0 Å². The van der Waals surface area contributed by atoms with Gasteiger partial charge < -0.3 is 0 Å². The zero-order chi connectivity index (χ0) is 11.5. The van der Waals surface area contributed by atoms with Gasteiger partial charge in [0.15, 0.2) is 5.78 Å². The highest BCUT2D eigenvalue weighted by Gasteiger charge is 2.14. The second-order valence-electron chi connectivity index (χ2n) is 3.16. The van der Waals surface area contributed by atoms with Crippen molar-refractivity contribution in [1.29, 1.82) is 0 Å². The first-order chi connectivity index (χ1) is 7.68. The Morgan fingerprint density at radius 1 is 1.31 bits per heavy atom. The normalized spacial score (nSPS) is 10.4. The van der Waals surface area contributed by atoms with Gasteiger partial charge in [-0.15, -0.1) is 0 Å². The van der Waals surface area contributed by atoms with Gasteiger partial charge in [-0.25, -0.2) is 0 Å². The molecule has 0 spiro atoms. The van der Waals surface area contributed by atoms with Gasteiger partial charge in [-0.1, -0.05) is 29.3 Å². The molecule has 6 heteroatoms. The molecule has 0 fully saturated rings. The summed E-state index contributed by atoms with van der Waals surface area (Å²) in [7, 11) is 0. The highest BCUT2D eigenvalue weighted by Crippen LogP contribution is 2.25. The van der Waals surface area contributed by atoms with E-state index in [0.717, 1.165) is 0 Å². The monoisotopic (exact) mass is 255 g/mol. The second-order valence-corrected chi connectivity index (χ2v) is 3.97. The third kappa shape index (κ3) is 2.23. The molecule has 2 rings (SSSR count). The number of benzene rings is 1. The molecule has 0 aliphatic rings. The van der Waals surface area contributed by atoms with Crippen molar-refractivity contribution in [3.63, 3.8) is 0 Å². The van der Waals surface area contributed by atoms with E-state index in [4.69, 9.17) is 23.2 Å². The van der Waals surface area contributed by atoms with Crippen molar-refractivity contribution in [2.45, 2.75) is 6.42 Å². The summed E-state index contributed by atoms with van der Waals surface area (Å²) in [4.78, 5) is 11.7. The molecule has 0 amide bonds. The first kappa shape index (κ1) is 11.1. The van der Waals surface area contributed by atoms with Crippen LogP contribution in [0.2, 0.25) is 10.0 Å². The number of carbonyl (C=O) groups excluding carboxylic acids is 1. The number of carbonyl (C=O) groups is 1. The topological polar surface area (TPSA) is 58.6 Å². The molecule has 0 saturated carbocycles. The van der Waals surface area contributed by atoms with Gasteiger partial charge in [0.2, 0.25) is 0 Å². The van der Waals surface area contributed by atoms with E-state index in [9.17, 15) is 4.79 Å². The summed E-state index contributed by atoms with van der Waals surface area (Å²) in [6.45, 7) is 0. The van der Waals surface area contributed by atoms with E-state index in [1.165, 1.54) is 6.20 Å². The van der Waals surface area contributed by atoms with Crippen molar-refractivity contribution in [1.82, 2.24) is 15.4 Å². The Morgan fingerprint density at radius 3 is 2.56 bits per heavy atom. The van der Waals surface area contributed by atoms with Gasteiger partial charge in [-0.05, 0) is 17.7 Å². The van der Waals surface area contributed by atoms with Gasteiger partial charge in [0.1, 0.15) is 5.69 Å². The quantitative estimate of drug-likeness (QED) is 0.858. The molecule has 1 aromatic heterocycles. The molecule has 0 aliphatic heterocycles. The largest absolute Gasteiger partial charge is 0.292 e. The number of aromatic amines is 1. The zero-order valence-corrected chi connectivity index (χ0v) is 9.59. The third-order valence-electron chi connectivity index (χ3n) is 2.10. The molecule has 16 heavy (non-hydrogen) atoms. The van der Waals surface area contributed by atoms with Gasteiger partial charge in [-0.3, -0.25) is 4.79 Å². The van der Waals surface area contributed by atoms with Crippen LogP contribution in [0.4, 0.5) is 0 Å². The van der Waals surface area contributed by atoms with Gasteiger partial charge >= 0.3 is 0 Å². The van der Waals surface area contributed by atoms with Crippen LogP contribution in [-0.4, -0.2) is 21.2 Å². The molecule has 0 radical (unpaired) electrons. The minimum absolute atomic E-state index is 0.116. The number of ketones is 1. The molecule has 1 N–H and O–H groups in total. The van der Waals surface area contributed by atoms with Crippen LogP contribution in [0.3, 0.4) is 0 Å². The Kier molecular flexibility index (Phi) is 3.22. The lowest BCUT2D eigenvalue weighted by Crippen LogP contribution is -2.05. The molecule has 1 aromatic carbocycles. The summed E-state index contributed by atoms with van der Waals surface area (Å²) in [5, 5.41) is 10.6. The maximum Gasteiger partial charge on any atom is 0.189 e. The smallest absolute Gasteiger partial charge is 0.189 e. The van der Waals surface area contributed by atoms with E-state index in [2.05, 4.69) is 15.4 Å². The average molecular weight is 256 g/mol. The molecule has 0 unspecified atom stereocenters. The van der Waals surface area contributed by atoms with Crippen molar-refractivity contribution < 1.29 is 4.79 Å². The molecule has 0 atom stereocenters. The first-order valence-electron chi connectivity index (χ1n) is 4.50. The Bertz CT molecular complexity index is 491.